The Balaban J connectivity index is 0.00000120. The number of anilines is 1. The molecule has 18 heavy (non-hydrogen) atoms. The molecule has 98 valence electrons. The molecule has 3 rings (SSSR count). The van der Waals surface area contributed by atoms with Gasteiger partial charge >= 0.3 is 0 Å². The molecular weight excluding hydrogens is 330 g/mol. The molecule has 6 heteroatoms. The Kier molecular flexibility index (Phi) is 4.77. The van der Waals surface area contributed by atoms with Gasteiger partial charge in [-0.1, -0.05) is 6.07 Å². The molecular formula is C12H16BrN3S2. The number of rotatable bonds is 2. The average Bonchev–Trinajstić information content (AvgIpc) is 3.00. The van der Waals surface area contributed by atoms with E-state index in [2.05, 4.69) is 39.7 Å². The first-order chi connectivity index (χ1) is 8.33. The van der Waals surface area contributed by atoms with Crippen LogP contribution in [0.15, 0.2) is 22.9 Å². The Morgan fingerprint density at radius 1 is 1.17 bits per heavy atom. The molecule has 3 heterocycles. The summed E-state index contributed by atoms with van der Waals surface area (Å²) in [6, 6.07) is 4.21. The Morgan fingerprint density at radius 2 is 1.94 bits per heavy atom. The van der Waals surface area contributed by atoms with Gasteiger partial charge in [0.1, 0.15) is 0 Å². The highest BCUT2D eigenvalue weighted by Crippen LogP contribution is 2.30. The van der Waals surface area contributed by atoms with Gasteiger partial charge in [0.25, 0.3) is 0 Å². The van der Waals surface area contributed by atoms with Crippen molar-refractivity contribution in [2.45, 2.75) is 0 Å². The monoisotopic (exact) mass is 345 g/mol. The second-order valence-corrected chi connectivity index (χ2v) is 6.07. The summed E-state index contributed by atoms with van der Waals surface area (Å²) < 4.78 is 0. The van der Waals surface area contributed by atoms with Crippen LogP contribution in [-0.4, -0.2) is 43.1 Å². The highest BCUT2D eigenvalue weighted by Gasteiger charge is 2.17. The summed E-state index contributed by atoms with van der Waals surface area (Å²) in [5.74, 6) is 0. The molecule has 0 amide bonds. The molecule has 0 unspecified atom stereocenters. The van der Waals surface area contributed by atoms with Crippen LogP contribution in [0.3, 0.4) is 0 Å². The van der Waals surface area contributed by atoms with Crippen LogP contribution >= 0.6 is 39.7 Å². The van der Waals surface area contributed by atoms with Gasteiger partial charge in [0.15, 0.2) is 5.13 Å². The minimum absolute atomic E-state index is 0. The second-order valence-electron chi connectivity index (χ2n) is 4.28. The van der Waals surface area contributed by atoms with Gasteiger partial charge in [-0.05, 0) is 18.5 Å². The van der Waals surface area contributed by atoms with Gasteiger partial charge in [0.2, 0.25) is 0 Å². The van der Waals surface area contributed by atoms with Gasteiger partial charge in [0.05, 0.1) is 10.6 Å². The molecule has 1 fully saturated rings. The minimum Gasteiger partial charge on any atom is -0.346 e. The Bertz CT molecular complexity index is 475. The quantitative estimate of drug-likeness (QED) is 0.833. The first-order valence-electron chi connectivity index (χ1n) is 5.76. The number of piperazine rings is 1. The molecule has 1 aliphatic rings. The van der Waals surface area contributed by atoms with E-state index < -0.39 is 0 Å². The first kappa shape index (κ1) is 14.0. The molecule has 0 saturated carbocycles. The van der Waals surface area contributed by atoms with E-state index in [4.69, 9.17) is 4.98 Å². The van der Waals surface area contributed by atoms with Crippen LogP contribution in [0.1, 0.15) is 0 Å². The molecule has 0 aliphatic carbocycles. The van der Waals surface area contributed by atoms with Crippen LogP contribution in [0.4, 0.5) is 5.13 Å². The van der Waals surface area contributed by atoms with Crippen molar-refractivity contribution in [1.82, 2.24) is 9.88 Å². The lowest BCUT2D eigenvalue weighted by atomic mass is 10.3. The van der Waals surface area contributed by atoms with Gasteiger partial charge in [-0.3, -0.25) is 0 Å². The largest absolute Gasteiger partial charge is 0.346 e. The number of thiophene rings is 1. The fourth-order valence-corrected chi connectivity index (χ4v) is 3.58. The molecule has 3 nitrogen and oxygen atoms in total. The number of likely N-dealkylation sites (N-methyl/N-ethyl adjacent to an activating group) is 1. The van der Waals surface area contributed by atoms with E-state index in [-0.39, 0.29) is 17.0 Å². The lowest BCUT2D eigenvalue weighted by Crippen LogP contribution is -2.44. The summed E-state index contributed by atoms with van der Waals surface area (Å²) >= 11 is 3.51. The van der Waals surface area contributed by atoms with Crippen LogP contribution in [-0.2, 0) is 0 Å². The molecule has 1 saturated heterocycles. The van der Waals surface area contributed by atoms with E-state index in [9.17, 15) is 0 Å². The summed E-state index contributed by atoms with van der Waals surface area (Å²) in [4.78, 5) is 10.8. The summed E-state index contributed by atoms with van der Waals surface area (Å²) in [7, 11) is 2.18. The van der Waals surface area contributed by atoms with Gasteiger partial charge in [-0.2, -0.15) is 0 Å². The Hall–Kier alpha value is -0.430. The van der Waals surface area contributed by atoms with Crippen LogP contribution in [0, 0.1) is 0 Å². The van der Waals surface area contributed by atoms with E-state index in [0.29, 0.717) is 0 Å². The topological polar surface area (TPSA) is 19.4 Å². The smallest absolute Gasteiger partial charge is 0.185 e. The number of hydrogen-bond donors (Lipinski definition) is 0. The molecule has 0 bridgehead atoms. The van der Waals surface area contributed by atoms with Crippen molar-refractivity contribution in [3.63, 3.8) is 0 Å². The highest BCUT2D eigenvalue weighted by molar-refractivity contribution is 8.93. The van der Waals surface area contributed by atoms with Crippen molar-refractivity contribution in [1.29, 1.82) is 0 Å². The minimum atomic E-state index is 0. The van der Waals surface area contributed by atoms with Gasteiger partial charge < -0.3 is 9.80 Å². The Morgan fingerprint density at radius 3 is 2.61 bits per heavy atom. The van der Waals surface area contributed by atoms with Gasteiger partial charge in [-0.15, -0.1) is 39.7 Å². The molecule has 0 atom stereocenters. The third-order valence-corrected chi connectivity index (χ3v) is 4.83. The SMILES string of the molecule is Br.CN1CCN(c2nc(-c3cccs3)cs2)CC1. The van der Waals surface area contributed by atoms with Crippen LogP contribution in [0.2, 0.25) is 0 Å². The number of halogens is 1. The zero-order chi connectivity index (χ0) is 11.7. The van der Waals surface area contributed by atoms with Crippen LogP contribution in [0.25, 0.3) is 10.6 Å². The maximum atomic E-state index is 4.74. The third-order valence-electron chi connectivity index (χ3n) is 3.04. The summed E-state index contributed by atoms with van der Waals surface area (Å²) in [6.45, 7) is 4.45. The maximum Gasteiger partial charge on any atom is 0.185 e. The van der Waals surface area contributed by atoms with Crippen molar-refractivity contribution in [3.05, 3.63) is 22.9 Å². The second kappa shape index (κ2) is 6.14. The lowest BCUT2D eigenvalue weighted by Gasteiger charge is -2.32. The predicted molar refractivity (Wildman–Crippen MR) is 85.5 cm³/mol. The molecule has 2 aromatic heterocycles. The highest BCUT2D eigenvalue weighted by atomic mass is 79.9. The zero-order valence-corrected chi connectivity index (χ0v) is 13.6. The fraction of sp³-hybridized carbons (Fsp3) is 0.417. The summed E-state index contributed by atoms with van der Waals surface area (Å²) in [6.07, 6.45) is 0. The van der Waals surface area contributed by atoms with Crippen molar-refractivity contribution in [3.8, 4) is 10.6 Å². The Labute approximate surface area is 126 Å². The molecule has 0 spiro atoms. The fourth-order valence-electron chi connectivity index (χ4n) is 1.94. The first-order valence-corrected chi connectivity index (χ1v) is 7.52. The standard InChI is InChI=1S/C12H15N3S2.BrH/c1-14-4-6-15(7-5-14)12-13-10(9-17-12)11-3-2-8-16-11;/h2-3,8-9H,4-7H2,1H3;1H. The number of thiazole rings is 1. The maximum absolute atomic E-state index is 4.74. The van der Waals surface area contributed by atoms with Gasteiger partial charge in [0, 0.05) is 31.6 Å². The van der Waals surface area contributed by atoms with E-state index in [1.807, 2.05) is 0 Å². The lowest BCUT2D eigenvalue weighted by molar-refractivity contribution is 0.313. The van der Waals surface area contributed by atoms with E-state index >= 15 is 0 Å². The van der Waals surface area contributed by atoms with Crippen molar-refractivity contribution >= 4 is 44.8 Å². The summed E-state index contributed by atoms with van der Waals surface area (Å²) in [5.41, 5.74) is 1.12. The number of aromatic nitrogens is 1. The van der Waals surface area contributed by atoms with Crippen molar-refractivity contribution < 1.29 is 0 Å². The number of hydrogen-bond acceptors (Lipinski definition) is 5. The van der Waals surface area contributed by atoms with E-state index in [0.717, 1.165) is 31.9 Å². The van der Waals surface area contributed by atoms with Crippen LogP contribution < -0.4 is 4.90 Å². The molecule has 0 aromatic carbocycles. The average molecular weight is 346 g/mol. The predicted octanol–water partition coefficient (Wildman–Crippen LogP) is 3.20. The molecule has 1 aliphatic heterocycles. The summed E-state index contributed by atoms with van der Waals surface area (Å²) in [5, 5.41) is 5.44. The van der Waals surface area contributed by atoms with Crippen molar-refractivity contribution in [2.75, 3.05) is 38.1 Å². The number of nitrogens with zero attached hydrogens (tertiary/aromatic N) is 3. The van der Waals surface area contributed by atoms with E-state index in [1.54, 1.807) is 22.7 Å². The zero-order valence-electron chi connectivity index (χ0n) is 10.2. The van der Waals surface area contributed by atoms with Gasteiger partial charge in [-0.25, -0.2) is 4.98 Å². The normalized spacial score (nSPS) is 16.6. The van der Waals surface area contributed by atoms with Crippen molar-refractivity contribution in [2.24, 2.45) is 0 Å². The van der Waals surface area contributed by atoms with E-state index in [1.165, 1.54) is 10.0 Å². The molecule has 0 N–H and O–H groups in total. The van der Waals surface area contributed by atoms with Crippen LogP contribution in [0.5, 0.6) is 0 Å². The molecule has 2 aromatic rings. The third kappa shape index (κ3) is 2.93. The molecule has 0 radical (unpaired) electrons.